The number of benzene rings is 1. The number of carbonyl (C=O) groups is 1. The van der Waals surface area contributed by atoms with Crippen molar-refractivity contribution in [2.75, 3.05) is 7.11 Å². The molecule has 0 atom stereocenters. The summed E-state index contributed by atoms with van der Waals surface area (Å²) in [5.74, 6) is 0.590. The van der Waals surface area contributed by atoms with Gasteiger partial charge in [0.1, 0.15) is 5.75 Å². The van der Waals surface area contributed by atoms with Crippen LogP contribution in [-0.4, -0.2) is 22.8 Å². The Bertz CT molecular complexity index is 590. The highest BCUT2D eigenvalue weighted by molar-refractivity contribution is 5.96. The smallest absolute Gasteiger partial charge is 0.252 e. The van der Waals surface area contributed by atoms with E-state index in [1.54, 1.807) is 17.9 Å². The fourth-order valence-corrected chi connectivity index (χ4v) is 1.91. The van der Waals surface area contributed by atoms with E-state index >= 15 is 0 Å². The van der Waals surface area contributed by atoms with Gasteiger partial charge < -0.3 is 10.1 Å². The van der Waals surface area contributed by atoms with E-state index in [4.69, 9.17) is 4.74 Å². The Morgan fingerprint density at radius 1 is 1.42 bits per heavy atom. The Morgan fingerprint density at radius 3 is 2.84 bits per heavy atom. The zero-order valence-electron chi connectivity index (χ0n) is 11.3. The van der Waals surface area contributed by atoms with Gasteiger partial charge in [0, 0.05) is 24.4 Å². The Kier molecular flexibility index (Phi) is 3.85. The highest BCUT2D eigenvalue weighted by atomic mass is 16.5. The second-order valence-corrected chi connectivity index (χ2v) is 4.30. The van der Waals surface area contributed by atoms with Crippen molar-refractivity contribution in [1.29, 1.82) is 0 Å². The molecule has 1 heterocycles. The fraction of sp³-hybridized carbons (Fsp3) is 0.286. The van der Waals surface area contributed by atoms with Crippen molar-refractivity contribution < 1.29 is 9.53 Å². The van der Waals surface area contributed by atoms with E-state index in [9.17, 15) is 4.79 Å². The van der Waals surface area contributed by atoms with Crippen LogP contribution in [0.3, 0.4) is 0 Å². The number of methoxy groups -OCH3 is 1. The summed E-state index contributed by atoms with van der Waals surface area (Å²) in [6.07, 6.45) is 1.85. The lowest BCUT2D eigenvalue weighted by Gasteiger charge is -2.10. The molecule has 100 valence electrons. The van der Waals surface area contributed by atoms with Crippen LogP contribution in [0, 0.1) is 6.92 Å². The maximum atomic E-state index is 12.1. The van der Waals surface area contributed by atoms with Gasteiger partial charge >= 0.3 is 0 Å². The number of hydrogen-bond donors (Lipinski definition) is 1. The molecule has 0 aliphatic carbocycles. The molecule has 2 aromatic rings. The van der Waals surface area contributed by atoms with Crippen LogP contribution < -0.4 is 10.1 Å². The maximum Gasteiger partial charge on any atom is 0.252 e. The molecule has 0 aliphatic heterocycles. The number of rotatable bonds is 4. The summed E-state index contributed by atoms with van der Waals surface area (Å²) in [7, 11) is 3.44. The van der Waals surface area contributed by atoms with Crippen molar-refractivity contribution in [1.82, 2.24) is 15.1 Å². The molecular weight excluding hydrogens is 242 g/mol. The molecule has 2 rings (SSSR count). The molecule has 0 fully saturated rings. The van der Waals surface area contributed by atoms with Gasteiger partial charge in [0.05, 0.1) is 19.3 Å². The Hall–Kier alpha value is -2.30. The van der Waals surface area contributed by atoms with Crippen LogP contribution in [-0.2, 0) is 13.6 Å². The third-order valence-corrected chi connectivity index (χ3v) is 2.95. The number of aromatic nitrogens is 2. The highest BCUT2D eigenvalue weighted by Gasteiger charge is 2.12. The first-order chi connectivity index (χ1) is 9.11. The third kappa shape index (κ3) is 2.93. The van der Waals surface area contributed by atoms with E-state index in [1.807, 2.05) is 38.4 Å². The molecule has 0 radical (unpaired) electrons. The minimum atomic E-state index is -0.123. The minimum absolute atomic E-state index is 0.123. The lowest BCUT2D eigenvalue weighted by Crippen LogP contribution is -2.24. The molecule has 5 nitrogen and oxygen atoms in total. The quantitative estimate of drug-likeness (QED) is 0.908. The van der Waals surface area contributed by atoms with E-state index in [0.717, 1.165) is 11.3 Å². The first-order valence-corrected chi connectivity index (χ1v) is 6.02. The molecule has 0 bridgehead atoms. The summed E-state index contributed by atoms with van der Waals surface area (Å²) in [5.41, 5.74) is 2.29. The van der Waals surface area contributed by atoms with Crippen molar-refractivity contribution in [2.24, 2.45) is 7.05 Å². The van der Waals surface area contributed by atoms with Crippen molar-refractivity contribution in [3.8, 4) is 5.75 Å². The number of aryl methyl sites for hydroxylation is 1. The Balaban J connectivity index is 2.08. The van der Waals surface area contributed by atoms with E-state index in [-0.39, 0.29) is 5.91 Å². The Morgan fingerprint density at radius 2 is 2.21 bits per heavy atom. The standard InChI is InChI=1S/C14H17N3O2/c1-10-12(5-4-6-13(10)19-3)14(18)15-9-11-7-8-17(2)16-11/h4-8H,9H2,1-3H3,(H,15,18). The second-order valence-electron chi connectivity index (χ2n) is 4.30. The molecule has 1 aromatic heterocycles. The van der Waals surface area contributed by atoms with Crippen molar-refractivity contribution in [3.05, 3.63) is 47.3 Å². The molecule has 5 heteroatoms. The molecular formula is C14H17N3O2. The number of ether oxygens (including phenoxy) is 1. The van der Waals surface area contributed by atoms with Gasteiger partial charge in [0.2, 0.25) is 0 Å². The molecule has 0 aliphatic rings. The zero-order valence-corrected chi connectivity index (χ0v) is 11.3. The van der Waals surface area contributed by atoms with Crippen molar-refractivity contribution in [2.45, 2.75) is 13.5 Å². The van der Waals surface area contributed by atoms with Crippen LogP contribution in [0.2, 0.25) is 0 Å². The molecule has 1 aromatic carbocycles. The topological polar surface area (TPSA) is 56.1 Å². The predicted octanol–water partition coefficient (Wildman–Crippen LogP) is 1.67. The summed E-state index contributed by atoms with van der Waals surface area (Å²) in [6.45, 7) is 2.28. The van der Waals surface area contributed by atoms with Crippen LogP contribution >= 0.6 is 0 Å². The normalized spacial score (nSPS) is 10.3. The number of amides is 1. The van der Waals surface area contributed by atoms with Gasteiger partial charge in [-0.1, -0.05) is 6.07 Å². The summed E-state index contributed by atoms with van der Waals surface area (Å²) in [6, 6.07) is 7.30. The SMILES string of the molecule is COc1cccc(C(=O)NCc2ccn(C)n2)c1C. The molecule has 0 saturated carbocycles. The molecule has 0 unspecified atom stereocenters. The first-order valence-electron chi connectivity index (χ1n) is 6.02. The first kappa shape index (κ1) is 13.1. The molecule has 1 N–H and O–H groups in total. The van der Waals surface area contributed by atoms with E-state index in [1.165, 1.54) is 0 Å². The number of hydrogen-bond acceptors (Lipinski definition) is 3. The van der Waals surface area contributed by atoms with Gasteiger partial charge in [-0.15, -0.1) is 0 Å². The van der Waals surface area contributed by atoms with Gasteiger partial charge in [0.25, 0.3) is 5.91 Å². The van der Waals surface area contributed by atoms with Crippen LogP contribution in [0.5, 0.6) is 5.75 Å². The largest absolute Gasteiger partial charge is 0.496 e. The van der Waals surface area contributed by atoms with Crippen LogP contribution in [0.4, 0.5) is 0 Å². The third-order valence-electron chi connectivity index (χ3n) is 2.95. The average Bonchev–Trinajstić information content (AvgIpc) is 2.82. The lowest BCUT2D eigenvalue weighted by atomic mass is 10.1. The number of carbonyl (C=O) groups excluding carboxylic acids is 1. The van der Waals surface area contributed by atoms with E-state index in [0.29, 0.717) is 17.9 Å². The van der Waals surface area contributed by atoms with Crippen LogP contribution in [0.1, 0.15) is 21.6 Å². The van der Waals surface area contributed by atoms with Gasteiger partial charge in [-0.3, -0.25) is 9.48 Å². The summed E-state index contributed by atoms with van der Waals surface area (Å²) >= 11 is 0. The maximum absolute atomic E-state index is 12.1. The Labute approximate surface area is 112 Å². The van der Waals surface area contributed by atoms with E-state index in [2.05, 4.69) is 10.4 Å². The summed E-state index contributed by atoms with van der Waals surface area (Å²) in [4.78, 5) is 12.1. The van der Waals surface area contributed by atoms with Gasteiger partial charge in [-0.2, -0.15) is 5.10 Å². The average molecular weight is 259 g/mol. The molecule has 19 heavy (non-hydrogen) atoms. The summed E-state index contributed by atoms with van der Waals surface area (Å²) < 4.78 is 6.91. The second kappa shape index (κ2) is 5.56. The lowest BCUT2D eigenvalue weighted by molar-refractivity contribution is 0.0949. The molecule has 0 spiro atoms. The van der Waals surface area contributed by atoms with Gasteiger partial charge in [0.15, 0.2) is 0 Å². The van der Waals surface area contributed by atoms with Crippen molar-refractivity contribution in [3.63, 3.8) is 0 Å². The zero-order chi connectivity index (χ0) is 13.8. The van der Waals surface area contributed by atoms with Gasteiger partial charge in [-0.05, 0) is 25.1 Å². The van der Waals surface area contributed by atoms with Crippen LogP contribution in [0.15, 0.2) is 30.5 Å². The highest BCUT2D eigenvalue weighted by Crippen LogP contribution is 2.20. The molecule has 1 amide bonds. The number of nitrogens with one attached hydrogen (secondary N) is 1. The minimum Gasteiger partial charge on any atom is -0.496 e. The van der Waals surface area contributed by atoms with E-state index < -0.39 is 0 Å². The summed E-state index contributed by atoms with van der Waals surface area (Å²) in [5, 5.41) is 7.06. The predicted molar refractivity (Wildman–Crippen MR) is 72.1 cm³/mol. The van der Waals surface area contributed by atoms with Crippen LogP contribution in [0.25, 0.3) is 0 Å². The van der Waals surface area contributed by atoms with Gasteiger partial charge in [-0.25, -0.2) is 0 Å². The fourth-order valence-electron chi connectivity index (χ4n) is 1.91. The number of nitrogens with zero attached hydrogens (tertiary/aromatic N) is 2. The van der Waals surface area contributed by atoms with Crippen molar-refractivity contribution >= 4 is 5.91 Å². The molecule has 0 saturated heterocycles. The monoisotopic (exact) mass is 259 g/mol.